The number of benzene rings is 1. The molecule has 0 radical (unpaired) electrons. The molecule has 0 saturated heterocycles. The molecule has 0 fully saturated rings. The second-order valence-electron chi connectivity index (χ2n) is 3.48. The fourth-order valence-corrected chi connectivity index (χ4v) is 1.71. The lowest BCUT2D eigenvalue weighted by Crippen LogP contribution is -2.06. The van der Waals surface area contributed by atoms with Crippen LogP contribution in [-0.4, -0.2) is 11.9 Å². The lowest BCUT2D eigenvalue weighted by molar-refractivity contribution is 0.101. The van der Waals surface area contributed by atoms with Crippen LogP contribution in [0, 0.1) is 0 Å². The number of para-hydroxylation sites is 1. The highest BCUT2D eigenvalue weighted by Crippen LogP contribution is 2.32. The third kappa shape index (κ3) is 1.32. The molecule has 2 heteroatoms. The summed E-state index contributed by atoms with van der Waals surface area (Å²) in [6.07, 6.45) is 1.12. The standard InChI is InChI=1S/C11H12O2/c1-7-6-9-4-3-5-10(8(2)12)11(9)13-7/h3-5,7H,6H2,1-2H3. The van der Waals surface area contributed by atoms with E-state index in [-0.39, 0.29) is 11.9 Å². The summed E-state index contributed by atoms with van der Waals surface area (Å²) in [7, 11) is 0. The van der Waals surface area contributed by atoms with E-state index in [2.05, 4.69) is 0 Å². The fraction of sp³-hybridized carbons (Fsp3) is 0.364. The van der Waals surface area contributed by atoms with E-state index in [1.54, 1.807) is 6.92 Å². The van der Waals surface area contributed by atoms with E-state index in [9.17, 15) is 4.79 Å². The second-order valence-corrected chi connectivity index (χ2v) is 3.48. The Kier molecular flexibility index (Phi) is 1.83. The van der Waals surface area contributed by atoms with Gasteiger partial charge in [-0.1, -0.05) is 12.1 Å². The van der Waals surface area contributed by atoms with Crippen LogP contribution in [0.5, 0.6) is 5.75 Å². The predicted octanol–water partition coefficient (Wildman–Crippen LogP) is 2.21. The molecule has 13 heavy (non-hydrogen) atoms. The summed E-state index contributed by atoms with van der Waals surface area (Å²) in [5.41, 5.74) is 1.86. The number of fused-ring (bicyclic) bond motifs is 1. The second kappa shape index (κ2) is 2.87. The Labute approximate surface area is 77.5 Å². The number of ketones is 1. The van der Waals surface area contributed by atoms with Gasteiger partial charge in [-0.25, -0.2) is 0 Å². The van der Waals surface area contributed by atoms with Gasteiger partial charge in [-0.3, -0.25) is 4.79 Å². The van der Waals surface area contributed by atoms with Gasteiger partial charge in [0.25, 0.3) is 0 Å². The zero-order valence-corrected chi connectivity index (χ0v) is 7.83. The van der Waals surface area contributed by atoms with Crippen molar-refractivity contribution in [3.63, 3.8) is 0 Å². The topological polar surface area (TPSA) is 26.3 Å². The molecule has 1 atom stereocenters. The first-order valence-electron chi connectivity index (χ1n) is 4.48. The highest BCUT2D eigenvalue weighted by molar-refractivity contribution is 5.97. The Morgan fingerprint density at radius 1 is 1.54 bits per heavy atom. The van der Waals surface area contributed by atoms with Gasteiger partial charge in [0.05, 0.1) is 5.56 Å². The lowest BCUT2D eigenvalue weighted by Gasteiger charge is -2.05. The average Bonchev–Trinajstić information content (AvgIpc) is 2.43. The molecule has 1 aliphatic heterocycles. The highest BCUT2D eigenvalue weighted by atomic mass is 16.5. The number of Topliss-reactive ketones (excluding diaryl/α,β-unsaturated/α-hetero) is 1. The van der Waals surface area contributed by atoms with E-state index in [4.69, 9.17) is 4.74 Å². The van der Waals surface area contributed by atoms with Gasteiger partial charge in [-0.15, -0.1) is 0 Å². The molecular formula is C11H12O2. The number of ether oxygens (including phenoxy) is 1. The Morgan fingerprint density at radius 3 is 3.00 bits per heavy atom. The molecule has 1 unspecified atom stereocenters. The van der Waals surface area contributed by atoms with E-state index >= 15 is 0 Å². The third-order valence-corrected chi connectivity index (χ3v) is 2.30. The van der Waals surface area contributed by atoms with Crippen molar-refractivity contribution in [2.75, 3.05) is 0 Å². The number of hydrogen-bond acceptors (Lipinski definition) is 2. The van der Waals surface area contributed by atoms with Gasteiger partial charge in [0.2, 0.25) is 0 Å². The lowest BCUT2D eigenvalue weighted by atomic mass is 10.0. The van der Waals surface area contributed by atoms with Crippen LogP contribution in [0.1, 0.15) is 29.8 Å². The maximum absolute atomic E-state index is 11.2. The third-order valence-electron chi connectivity index (χ3n) is 2.30. The highest BCUT2D eigenvalue weighted by Gasteiger charge is 2.22. The predicted molar refractivity (Wildman–Crippen MR) is 50.2 cm³/mol. The van der Waals surface area contributed by atoms with Gasteiger partial charge in [-0.05, 0) is 25.5 Å². The first kappa shape index (κ1) is 8.30. The molecule has 2 nitrogen and oxygen atoms in total. The zero-order chi connectivity index (χ0) is 9.42. The van der Waals surface area contributed by atoms with E-state index in [1.165, 1.54) is 0 Å². The summed E-state index contributed by atoms with van der Waals surface area (Å²) >= 11 is 0. The van der Waals surface area contributed by atoms with Gasteiger partial charge in [0.1, 0.15) is 11.9 Å². The molecule has 0 amide bonds. The fourth-order valence-electron chi connectivity index (χ4n) is 1.71. The van der Waals surface area contributed by atoms with Crippen LogP contribution < -0.4 is 4.74 Å². The number of rotatable bonds is 1. The zero-order valence-electron chi connectivity index (χ0n) is 7.83. The van der Waals surface area contributed by atoms with Crippen LogP contribution in [0.4, 0.5) is 0 Å². The van der Waals surface area contributed by atoms with Crippen molar-refractivity contribution in [2.24, 2.45) is 0 Å². The molecule has 2 rings (SSSR count). The Bertz CT molecular complexity index is 355. The summed E-state index contributed by atoms with van der Waals surface area (Å²) in [6.45, 7) is 3.59. The number of carbonyl (C=O) groups is 1. The maximum atomic E-state index is 11.2. The molecular weight excluding hydrogens is 164 g/mol. The van der Waals surface area contributed by atoms with Crippen molar-refractivity contribution in [3.8, 4) is 5.75 Å². The monoisotopic (exact) mass is 176 g/mol. The first-order valence-corrected chi connectivity index (χ1v) is 4.48. The molecule has 0 bridgehead atoms. The summed E-state index contributed by atoms with van der Waals surface area (Å²) in [4.78, 5) is 11.2. The van der Waals surface area contributed by atoms with E-state index < -0.39 is 0 Å². The summed E-state index contributed by atoms with van der Waals surface area (Å²) in [5.74, 6) is 0.869. The van der Waals surface area contributed by atoms with E-state index in [0.29, 0.717) is 5.56 Å². The van der Waals surface area contributed by atoms with Gasteiger partial charge in [0.15, 0.2) is 5.78 Å². The van der Waals surface area contributed by atoms with Crippen molar-refractivity contribution < 1.29 is 9.53 Å². The van der Waals surface area contributed by atoms with Crippen molar-refractivity contribution >= 4 is 5.78 Å². The molecule has 1 aliphatic rings. The van der Waals surface area contributed by atoms with Crippen LogP contribution in [0.2, 0.25) is 0 Å². The van der Waals surface area contributed by atoms with Crippen LogP contribution in [0.3, 0.4) is 0 Å². The van der Waals surface area contributed by atoms with Crippen LogP contribution >= 0.6 is 0 Å². The van der Waals surface area contributed by atoms with Gasteiger partial charge in [0, 0.05) is 6.42 Å². The minimum absolute atomic E-state index is 0.0750. The Balaban J connectivity index is 2.51. The SMILES string of the molecule is CC(=O)c1cccc2c1OC(C)C2. The summed E-state index contributed by atoms with van der Waals surface area (Å²) in [5, 5.41) is 0. The van der Waals surface area contributed by atoms with Gasteiger partial charge >= 0.3 is 0 Å². The molecule has 0 aliphatic carbocycles. The largest absolute Gasteiger partial charge is 0.489 e. The molecule has 0 spiro atoms. The summed E-state index contributed by atoms with van der Waals surface area (Å²) in [6, 6.07) is 5.75. The average molecular weight is 176 g/mol. The van der Waals surface area contributed by atoms with Crippen molar-refractivity contribution in [3.05, 3.63) is 29.3 Å². The maximum Gasteiger partial charge on any atom is 0.163 e. The van der Waals surface area contributed by atoms with Gasteiger partial charge < -0.3 is 4.74 Å². The van der Waals surface area contributed by atoms with Crippen molar-refractivity contribution in [1.29, 1.82) is 0 Å². The first-order chi connectivity index (χ1) is 6.18. The van der Waals surface area contributed by atoms with E-state index in [1.807, 2.05) is 25.1 Å². The minimum atomic E-state index is 0.0750. The van der Waals surface area contributed by atoms with Crippen LogP contribution in [-0.2, 0) is 6.42 Å². The Morgan fingerprint density at radius 2 is 2.31 bits per heavy atom. The number of hydrogen-bond donors (Lipinski definition) is 0. The molecule has 0 saturated carbocycles. The molecule has 0 N–H and O–H groups in total. The van der Waals surface area contributed by atoms with Crippen molar-refractivity contribution in [2.45, 2.75) is 26.4 Å². The normalized spacial score (nSPS) is 19.4. The van der Waals surface area contributed by atoms with E-state index in [0.717, 1.165) is 17.7 Å². The minimum Gasteiger partial charge on any atom is -0.489 e. The molecule has 1 aromatic carbocycles. The summed E-state index contributed by atoms with van der Waals surface area (Å²) < 4.78 is 5.58. The quantitative estimate of drug-likeness (QED) is 0.613. The van der Waals surface area contributed by atoms with Crippen molar-refractivity contribution in [1.82, 2.24) is 0 Å². The molecule has 0 aromatic heterocycles. The Hall–Kier alpha value is -1.31. The smallest absolute Gasteiger partial charge is 0.163 e. The van der Waals surface area contributed by atoms with Crippen LogP contribution in [0.25, 0.3) is 0 Å². The number of carbonyl (C=O) groups excluding carboxylic acids is 1. The molecule has 68 valence electrons. The van der Waals surface area contributed by atoms with Gasteiger partial charge in [-0.2, -0.15) is 0 Å². The molecule has 1 heterocycles. The van der Waals surface area contributed by atoms with Crippen LogP contribution in [0.15, 0.2) is 18.2 Å². The molecule has 1 aromatic rings.